The lowest BCUT2D eigenvalue weighted by atomic mass is 9.68. The Hall–Kier alpha value is -10.3. The van der Waals surface area contributed by atoms with Crippen LogP contribution in [0.4, 0.5) is 0 Å². The molecule has 0 saturated carbocycles. The molecule has 0 N–H and O–H groups in total. The molecule has 15 aromatic carbocycles. The molecule has 18 rings (SSSR count). The van der Waals surface area contributed by atoms with Crippen molar-refractivity contribution in [2.24, 2.45) is 0 Å². The van der Waals surface area contributed by atoms with Crippen molar-refractivity contribution in [2.75, 3.05) is 0 Å². The van der Waals surface area contributed by atoms with Crippen LogP contribution in [0.5, 0.6) is 0 Å². The maximum Gasteiger partial charge on any atom is 0.0738 e. The smallest absolute Gasteiger partial charge is 0.0738 e. The summed E-state index contributed by atoms with van der Waals surface area (Å²) in [6, 6.07) is 107. The van der Waals surface area contributed by atoms with Gasteiger partial charge in [-0.1, -0.05) is 249 Å². The lowest BCUT2D eigenvalue weighted by molar-refractivity contribution is 0.810. The number of hydrogen-bond donors (Lipinski definition) is 0. The summed E-state index contributed by atoms with van der Waals surface area (Å²) in [7, 11) is 0. The van der Waals surface area contributed by atoms with Gasteiger partial charge in [0.15, 0.2) is 0 Å². The number of nitrogens with zero attached hydrogens (tertiary/aromatic N) is 1. The molecule has 1 heteroatoms. The fourth-order valence-electron chi connectivity index (χ4n) is 15.3. The van der Waals surface area contributed by atoms with Gasteiger partial charge in [0, 0.05) is 16.5 Å². The Bertz CT molecular complexity index is 5240. The molecule has 0 unspecified atom stereocenters. The highest BCUT2D eigenvalue weighted by atomic mass is 15.0. The minimum absolute atomic E-state index is 0.552. The SMILES string of the molecule is c1ccc(-n2c3ccccc3c3cc(-c4c5ccccc5c(-c5ccc(-c6ccc7c8c(c9ccccc9c7c6)-c6c(c7ccccc7c7ccccc67)C86c7ccccc7-c7ccccc76)cc5)c5ccccc45)ccc32)cc1. The van der Waals surface area contributed by atoms with E-state index in [0.29, 0.717) is 0 Å². The van der Waals surface area contributed by atoms with Gasteiger partial charge >= 0.3 is 0 Å². The second-order valence-electron chi connectivity index (χ2n) is 22.1. The number of aromatic nitrogens is 1. The summed E-state index contributed by atoms with van der Waals surface area (Å²) in [4.78, 5) is 0. The Morgan fingerprint density at radius 2 is 0.588 bits per heavy atom. The van der Waals surface area contributed by atoms with Gasteiger partial charge in [-0.15, -0.1) is 0 Å². The average Bonchev–Trinajstić information content (AvgIpc) is 3.36. The quantitative estimate of drug-likeness (QED) is 0.122. The van der Waals surface area contributed by atoms with E-state index < -0.39 is 5.41 Å². The van der Waals surface area contributed by atoms with Crippen LogP contribution in [0.15, 0.2) is 285 Å². The standard InChI is InChI=1S/C79H47N/c1-2-20-52(21-3-1)80-71-37-19-16-27-58(71)68-47-51(43-45-72(68)80)74-63-32-11-9-30-61(63)73(62-31-10-12-33-64(62)74)49-40-38-48(39-41-49)50-42-44-66-67(46-50)55-24-5-8-29-60(55)76-75-59-28-7-4-22-53(59)54-23-6-13-34-65(54)77(75)79(78(66)76)69-35-17-14-25-56(69)57-26-15-18-36-70(57)79/h1-47H. The van der Waals surface area contributed by atoms with Crippen molar-refractivity contribution in [1.29, 1.82) is 0 Å². The Morgan fingerprint density at radius 3 is 1.18 bits per heavy atom. The van der Waals surface area contributed by atoms with Gasteiger partial charge in [0.1, 0.15) is 0 Å². The van der Waals surface area contributed by atoms with Crippen molar-refractivity contribution in [3.05, 3.63) is 307 Å². The summed E-state index contributed by atoms with van der Waals surface area (Å²) in [5.41, 5.74) is 21.2. The van der Waals surface area contributed by atoms with Gasteiger partial charge in [0.2, 0.25) is 0 Å². The molecule has 2 aliphatic rings. The van der Waals surface area contributed by atoms with Crippen molar-refractivity contribution in [1.82, 2.24) is 4.57 Å². The molecule has 0 aliphatic heterocycles. The molecule has 0 atom stereocenters. The number of hydrogen-bond acceptors (Lipinski definition) is 0. The van der Waals surface area contributed by atoms with E-state index in [1.54, 1.807) is 0 Å². The molecule has 0 bridgehead atoms. The summed E-state index contributed by atoms with van der Waals surface area (Å²) in [5.74, 6) is 0. The second-order valence-corrected chi connectivity index (χ2v) is 22.1. The molecule has 80 heavy (non-hydrogen) atoms. The Balaban J connectivity index is 0.831. The van der Waals surface area contributed by atoms with Gasteiger partial charge < -0.3 is 4.57 Å². The van der Waals surface area contributed by atoms with Crippen LogP contribution >= 0.6 is 0 Å². The molecular formula is C79H47N. The van der Waals surface area contributed by atoms with Gasteiger partial charge in [0.05, 0.1) is 16.4 Å². The van der Waals surface area contributed by atoms with Crippen molar-refractivity contribution in [3.63, 3.8) is 0 Å². The van der Waals surface area contributed by atoms with Crippen molar-refractivity contribution >= 4 is 86.4 Å². The second kappa shape index (κ2) is 16.3. The first-order valence-electron chi connectivity index (χ1n) is 28.0. The Labute approximate surface area is 462 Å². The Kier molecular flexibility index (Phi) is 8.94. The van der Waals surface area contributed by atoms with Crippen molar-refractivity contribution < 1.29 is 0 Å². The maximum absolute atomic E-state index is 2.49. The van der Waals surface area contributed by atoms with E-state index in [1.165, 1.54) is 170 Å². The van der Waals surface area contributed by atoms with Crippen LogP contribution in [-0.2, 0) is 5.41 Å². The zero-order valence-corrected chi connectivity index (χ0v) is 43.6. The van der Waals surface area contributed by atoms with E-state index in [2.05, 4.69) is 290 Å². The van der Waals surface area contributed by atoms with Gasteiger partial charge in [-0.25, -0.2) is 0 Å². The third kappa shape index (κ3) is 5.70. The molecule has 0 fully saturated rings. The highest BCUT2D eigenvalue weighted by molar-refractivity contribution is 6.28. The van der Waals surface area contributed by atoms with Gasteiger partial charge in [-0.3, -0.25) is 0 Å². The highest BCUT2D eigenvalue weighted by Crippen LogP contribution is 2.68. The molecule has 368 valence electrons. The fourth-order valence-corrected chi connectivity index (χ4v) is 15.3. The topological polar surface area (TPSA) is 4.93 Å². The summed E-state index contributed by atoms with van der Waals surface area (Å²) >= 11 is 0. The van der Waals surface area contributed by atoms with E-state index in [0.717, 1.165) is 0 Å². The largest absolute Gasteiger partial charge is 0.309 e. The van der Waals surface area contributed by atoms with Crippen LogP contribution in [0.2, 0.25) is 0 Å². The monoisotopic (exact) mass is 1010 g/mol. The number of para-hydroxylation sites is 2. The predicted octanol–water partition coefficient (Wildman–Crippen LogP) is 21.0. The molecular weight excluding hydrogens is 963 g/mol. The van der Waals surface area contributed by atoms with Crippen LogP contribution in [0.25, 0.3) is 148 Å². The number of rotatable bonds is 4. The normalized spacial score (nSPS) is 13.1. The third-order valence-electron chi connectivity index (χ3n) is 18.3. The van der Waals surface area contributed by atoms with Crippen LogP contribution in [0, 0.1) is 0 Å². The zero-order valence-electron chi connectivity index (χ0n) is 43.6. The molecule has 16 aromatic rings. The van der Waals surface area contributed by atoms with Crippen LogP contribution in [0.3, 0.4) is 0 Å². The van der Waals surface area contributed by atoms with Crippen LogP contribution in [-0.4, -0.2) is 4.57 Å². The van der Waals surface area contributed by atoms with E-state index in [9.17, 15) is 0 Å². The van der Waals surface area contributed by atoms with E-state index in [4.69, 9.17) is 0 Å². The first-order chi connectivity index (χ1) is 39.7. The third-order valence-corrected chi connectivity index (χ3v) is 18.3. The van der Waals surface area contributed by atoms with Crippen LogP contribution < -0.4 is 0 Å². The van der Waals surface area contributed by atoms with Crippen LogP contribution in [0.1, 0.15) is 22.3 Å². The van der Waals surface area contributed by atoms with E-state index in [-0.39, 0.29) is 0 Å². The summed E-state index contributed by atoms with van der Waals surface area (Å²) in [6.45, 7) is 0. The lowest BCUT2D eigenvalue weighted by Crippen LogP contribution is -2.26. The molecule has 1 heterocycles. The number of fused-ring (bicyclic) bond motifs is 25. The Morgan fingerprint density at radius 1 is 0.212 bits per heavy atom. The summed E-state index contributed by atoms with van der Waals surface area (Å²) < 4.78 is 2.40. The van der Waals surface area contributed by atoms with E-state index >= 15 is 0 Å². The molecule has 0 saturated heterocycles. The molecule has 0 amide bonds. The predicted molar refractivity (Wildman–Crippen MR) is 338 cm³/mol. The first-order valence-corrected chi connectivity index (χ1v) is 28.0. The molecule has 1 spiro atoms. The van der Waals surface area contributed by atoms with Crippen molar-refractivity contribution in [2.45, 2.75) is 5.41 Å². The van der Waals surface area contributed by atoms with Gasteiger partial charge in [0.25, 0.3) is 0 Å². The maximum atomic E-state index is 2.49. The first kappa shape index (κ1) is 43.7. The molecule has 2 aliphatic carbocycles. The molecule has 0 radical (unpaired) electrons. The summed E-state index contributed by atoms with van der Waals surface area (Å²) in [6.07, 6.45) is 0. The molecule has 1 aromatic heterocycles. The number of benzene rings is 15. The van der Waals surface area contributed by atoms with Crippen molar-refractivity contribution in [3.8, 4) is 61.3 Å². The zero-order chi connectivity index (χ0) is 52.2. The minimum atomic E-state index is -0.552. The fraction of sp³-hybridized carbons (Fsp3) is 0.0127. The minimum Gasteiger partial charge on any atom is -0.309 e. The lowest BCUT2D eigenvalue weighted by Gasteiger charge is -2.33. The summed E-state index contributed by atoms with van der Waals surface area (Å²) in [5, 5.41) is 17.9. The van der Waals surface area contributed by atoms with E-state index in [1.807, 2.05) is 0 Å². The van der Waals surface area contributed by atoms with Gasteiger partial charge in [-0.05, 0) is 179 Å². The van der Waals surface area contributed by atoms with Gasteiger partial charge in [-0.2, -0.15) is 0 Å². The highest BCUT2D eigenvalue weighted by Gasteiger charge is 2.54. The molecule has 1 nitrogen and oxygen atoms in total. The average molecular weight is 1010 g/mol.